The lowest BCUT2D eigenvalue weighted by molar-refractivity contribution is 0.0927. The summed E-state index contributed by atoms with van der Waals surface area (Å²) >= 11 is 0. The van der Waals surface area contributed by atoms with Crippen LogP contribution in [0.4, 0.5) is 0 Å². The Morgan fingerprint density at radius 2 is 1.89 bits per heavy atom. The number of hydrogen-bond donors (Lipinski definition) is 0. The van der Waals surface area contributed by atoms with Gasteiger partial charge in [-0.2, -0.15) is 0 Å². The second kappa shape index (κ2) is 8.01. The molecule has 100 valence electrons. The summed E-state index contributed by atoms with van der Waals surface area (Å²) in [6.45, 7) is 6.65. The first kappa shape index (κ1) is 14.9. The van der Waals surface area contributed by atoms with Crippen LogP contribution in [0.25, 0.3) is 0 Å². The van der Waals surface area contributed by atoms with Crippen molar-refractivity contribution >= 4 is 5.78 Å². The zero-order valence-corrected chi connectivity index (χ0v) is 11.6. The molecule has 0 aliphatic rings. The zero-order chi connectivity index (χ0) is 13.4. The van der Waals surface area contributed by atoms with Crippen molar-refractivity contribution in [3.63, 3.8) is 0 Å². The van der Waals surface area contributed by atoms with Gasteiger partial charge in [0.15, 0.2) is 5.78 Å². The highest BCUT2D eigenvalue weighted by Gasteiger charge is 2.12. The molecule has 0 amide bonds. The molecule has 0 spiro atoms. The van der Waals surface area contributed by atoms with Gasteiger partial charge < -0.3 is 4.74 Å². The van der Waals surface area contributed by atoms with Crippen LogP contribution in [0.15, 0.2) is 30.3 Å². The molecule has 3 heteroatoms. The maximum absolute atomic E-state index is 12.0. The lowest BCUT2D eigenvalue weighted by atomic mass is 10.1. The lowest BCUT2D eigenvalue weighted by Gasteiger charge is -2.25. The van der Waals surface area contributed by atoms with Crippen molar-refractivity contribution < 1.29 is 9.53 Å². The van der Waals surface area contributed by atoms with Crippen LogP contribution in [0, 0.1) is 0 Å². The van der Waals surface area contributed by atoms with Gasteiger partial charge in [0.2, 0.25) is 0 Å². The number of rotatable bonds is 8. The number of ether oxygens (including phenoxy) is 1. The normalized spacial score (nSPS) is 11.2. The Labute approximate surface area is 110 Å². The van der Waals surface area contributed by atoms with Gasteiger partial charge in [-0.1, -0.05) is 30.3 Å². The number of methoxy groups -OCH3 is 1. The first-order valence-corrected chi connectivity index (χ1v) is 6.46. The largest absolute Gasteiger partial charge is 0.383 e. The van der Waals surface area contributed by atoms with Crippen molar-refractivity contribution in [2.45, 2.75) is 26.3 Å². The third-order valence-corrected chi connectivity index (χ3v) is 3.03. The molecule has 3 nitrogen and oxygen atoms in total. The van der Waals surface area contributed by atoms with E-state index in [9.17, 15) is 4.79 Å². The molecule has 0 fully saturated rings. The second-order valence-electron chi connectivity index (χ2n) is 4.66. The van der Waals surface area contributed by atoms with E-state index in [4.69, 9.17) is 4.74 Å². The predicted molar refractivity (Wildman–Crippen MR) is 74.0 cm³/mol. The molecule has 0 aliphatic heterocycles. The molecular formula is C15H23NO2. The summed E-state index contributed by atoms with van der Waals surface area (Å²) in [7, 11) is 1.70. The molecule has 0 N–H and O–H groups in total. The molecule has 0 aliphatic carbocycles. The highest BCUT2D eigenvalue weighted by atomic mass is 16.5. The Hall–Kier alpha value is -1.19. The summed E-state index contributed by atoms with van der Waals surface area (Å²) in [5.41, 5.74) is 0.799. The third-order valence-electron chi connectivity index (χ3n) is 3.03. The number of nitrogens with zero attached hydrogens (tertiary/aromatic N) is 1. The molecule has 0 saturated carbocycles. The number of hydrogen-bond acceptors (Lipinski definition) is 3. The summed E-state index contributed by atoms with van der Waals surface area (Å²) in [4.78, 5) is 14.3. The quantitative estimate of drug-likeness (QED) is 0.663. The van der Waals surface area contributed by atoms with Crippen LogP contribution in [-0.2, 0) is 4.74 Å². The van der Waals surface area contributed by atoms with E-state index in [2.05, 4.69) is 18.7 Å². The Balaban J connectivity index is 2.44. The molecule has 0 bridgehead atoms. The number of carbonyl (C=O) groups is 1. The monoisotopic (exact) mass is 249 g/mol. The van der Waals surface area contributed by atoms with Crippen LogP contribution in [0.1, 0.15) is 30.6 Å². The molecular weight excluding hydrogens is 226 g/mol. The number of carbonyl (C=O) groups excluding carboxylic acids is 1. The van der Waals surface area contributed by atoms with Crippen molar-refractivity contribution in [3.8, 4) is 0 Å². The van der Waals surface area contributed by atoms with Crippen LogP contribution >= 0.6 is 0 Å². The van der Waals surface area contributed by atoms with Crippen molar-refractivity contribution in [2.75, 3.05) is 26.8 Å². The fourth-order valence-electron chi connectivity index (χ4n) is 1.85. The van der Waals surface area contributed by atoms with E-state index in [0.29, 0.717) is 19.1 Å². The van der Waals surface area contributed by atoms with Crippen LogP contribution in [0.5, 0.6) is 0 Å². The van der Waals surface area contributed by atoms with Crippen LogP contribution in [0.3, 0.4) is 0 Å². The molecule has 0 aromatic heterocycles. The molecule has 0 radical (unpaired) electrons. The average Bonchev–Trinajstić information content (AvgIpc) is 2.39. The standard InChI is InChI=1S/C15H23NO2/c1-13(2)16(11-12-18-3)10-9-15(17)14-7-5-4-6-8-14/h4-8,13H,9-12H2,1-3H3. The topological polar surface area (TPSA) is 29.5 Å². The summed E-state index contributed by atoms with van der Waals surface area (Å²) in [5.74, 6) is 0.207. The zero-order valence-electron chi connectivity index (χ0n) is 11.6. The Morgan fingerprint density at radius 3 is 2.44 bits per heavy atom. The van der Waals surface area contributed by atoms with Crippen molar-refractivity contribution in [3.05, 3.63) is 35.9 Å². The highest BCUT2D eigenvalue weighted by molar-refractivity contribution is 5.96. The van der Waals surface area contributed by atoms with E-state index in [1.165, 1.54) is 0 Å². The van der Waals surface area contributed by atoms with Gasteiger partial charge in [-0.25, -0.2) is 0 Å². The molecule has 0 unspecified atom stereocenters. The minimum absolute atomic E-state index is 0.207. The summed E-state index contributed by atoms with van der Waals surface area (Å²) in [6, 6.07) is 9.91. The SMILES string of the molecule is COCCN(CCC(=O)c1ccccc1)C(C)C. The van der Waals surface area contributed by atoms with Crippen LogP contribution in [0.2, 0.25) is 0 Å². The van der Waals surface area contributed by atoms with E-state index in [1.807, 2.05) is 30.3 Å². The number of benzene rings is 1. The van der Waals surface area contributed by atoms with E-state index in [-0.39, 0.29) is 5.78 Å². The highest BCUT2D eigenvalue weighted by Crippen LogP contribution is 2.06. The molecule has 0 atom stereocenters. The van der Waals surface area contributed by atoms with E-state index in [0.717, 1.165) is 18.7 Å². The second-order valence-corrected chi connectivity index (χ2v) is 4.66. The minimum Gasteiger partial charge on any atom is -0.383 e. The Morgan fingerprint density at radius 1 is 1.22 bits per heavy atom. The third kappa shape index (κ3) is 4.98. The maximum atomic E-state index is 12.0. The molecule has 1 aromatic rings. The molecule has 1 aromatic carbocycles. The van der Waals surface area contributed by atoms with Gasteiger partial charge in [0.05, 0.1) is 6.61 Å². The predicted octanol–water partition coefficient (Wildman–Crippen LogP) is 2.62. The summed E-state index contributed by atoms with van der Waals surface area (Å²) in [6.07, 6.45) is 0.561. The fourth-order valence-corrected chi connectivity index (χ4v) is 1.85. The molecule has 0 saturated heterocycles. The van der Waals surface area contributed by atoms with Gasteiger partial charge in [0.1, 0.15) is 0 Å². The average molecular weight is 249 g/mol. The summed E-state index contributed by atoms with van der Waals surface area (Å²) < 4.78 is 5.09. The van der Waals surface area contributed by atoms with E-state index in [1.54, 1.807) is 7.11 Å². The minimum atomic E-state index is 0.207. The van der Waals surface area contributed by atoms with Crippen LogP contribution in [-0.4, -0.2) is 43.5 Å². The molecule has 18 heavy (non-hydrogen) atoms. The first-order valence-electron chi connectivity index (χ1n) is 6.46. The van der Waals surface area contributed by atoms with Crippen LogP contribution < -0.4 is 0 Å². The van der Waals surface area contributed by atoms with Gasteiger partial charge in [0, 0.05) is 38.2 Å². The van der Waals surface area contributed by atoms with Gasteiger partial charge in [0.25, 0.3) is 0 Å². The number of Topliss-reactive ketones (excluding diaryl/α,β-unsaturated/α-hetero) is 1. The van der Waals surface area contributed by atoms with E-state index >= 15 is 0 Å². The van der Waals surface area contributed by atoms with Gasteiger partial charge in [-0.15, -0.1) is 0 Å². The lowest BCUT2D eigenvalue weighted by Crippen LogP contribution is -2.35. The Bertz CT molecular complexity index is 349. The van der Waals surface area contributed by atoms with Gasteiger partial charge >= 0.3 is 0 Å². The molecule has 1 rings (SSSR count). The maximum Gasteiger partial charge on any atom is 0.164 e. The van der Waals surface area contributed by atoms with Crippen molar-refractivity contribution in [1.82, 2.24) is 4.90 Å². The number of ketones is 1. The first-order chi connectivity index (χ1) is 8.65. The van der Waals surface area contributed by atoms with Gasteiger partial charge in [-0.3, -0.25) is 9.69 Å². The van der Waals surface area contributed by atoms with Crippen molar-refractivity contribution in [1.29, 1.82) is 0 Å². The molecule has 0 heterocycles. The fraction of sp³-hybridized carbons (Fsp3) is 0.533. The van der Waals surface area contributed by atoms with E-state index < -0.39 is 0 Å². The Kier molecular flexibility index (Phi) is 6.61. The van der Waals surface area contributed by atoms with Gasteiger partial charge in [-0.05, 0) is 13.8 Å². The van der Waals surface area contributed by atoms with Crippen molar-refractivity contribution in [2.24, 2.45) is 0 Å². The smallest absolute Gasteiger partial charge is 0.164 e. The summed E-state index contributed by atoms with van der Waals surface area (Å²) in [5, 5.41) is 0.